The Morgan fingerprint density at radius 1 is 1.13 bits per heavy atom. The third kappa shape index (κ3) is 3.54. The maximum absolute atomic E-state index is 12.8. The van der Waals surface area contributed by atoms with E-state index in [0.29, 0.717) is 17.1 Å². The van der Waals surface area contributed by atoms with Crippen molar-refractivity contribution in [3.63, 3.8) is 0 Å². The molecule has 0 saturated heterocycles. The van der Waals surface area contributed by atoms with Gasteiger partial charge < -0.3 is 4.74 Å². The quantitative estimate of drug-likeness (QED) is 0.495. The van der Waals surface area contributed by atoms with E-state index in [0.717, 1.165) is 17.1 Å². The van der Waals surface area contributed by atoms with E-state index in [1.54, 1.807) is 12.1 Å². The van der Waals surface area contributed by atoms with Crippen LogP contribution >= 0.6 is 0 Å². The number of alkyl halides is 3. The molecule has 0 fully saturated rings. The van der Waals surface area contributed by atoms with E-state index < -0.39 is 21.8 Å². The summed E-state index contributed by atoms with van der Waals surface area (Å²) in [5.74, 6) is 0.300. The Bertz CT molecular complexity index is 1310. The van der Waals surface area contributed by atoms with Gasteiger partial charge in [-0.2, -0.15) is 23.4 Å². The summed E-state index contributed by atoms with van der Waals surface area (Å²) in [4.78, 5) is 3.71. The fourth-order valence-corrected chi connectivity index (χ4v) is 3.75. The molecule has 9 nitrogen and oxygen atoms in total. The average molecular weight is 438 g/mol. The van der Waals surface area contributed by atoms with Crippen LogP contribution in [0.15, 0.2) is 53.9 Å². The summed E-state index contributed by atoms with van der Waals surface area (Å²) < 4.78 is 72.3. The van der Waals surface area contributed by atoms with Gasteiger partial charge >= 0.3 is 6.18 Å². The molecule has 2 N–H and O–H groups in total. The summed E-state index contributed by atoms with van der Waals surface area (Å²) in [7, 11) is -2.69. The number of benzene rings is 1. The van der Waals surface area contributed by atoms with Crippen molar-refractivity contribution in [2.45, 2.75) is 11.1 Å². The van der Waals surface area contributed by atoms with Gasteiger partial charge in [0.25, 0.3) is 10.0 Å². The molecular weight excluding hydrogens is 425 g/mol. The lowest BCUT2D eigenvalue weighted by atomic mass is 10.2. The van der Waals surface area contributed by atoms with Gasteiger partial charge in [0.1, 0.15) is 16.3 Å². The number of fused-ring (bicyclic) bond motifs is 1. The molecule has 0 atom stereocenters. The van der Waals surface area contributed by atoms with Gasteiger partial charge in [-0.3, -0.25) is 9.82 Å². The highest BCUT2D eigenvalue weighted by molar-refractivity contribution is 7.92. The predicted molar refractivity (Wildman–Crippen MR) is 99.8 cm³/mol. The van der Waals surface area contributed by atoms with Crippen LogP contribution in [0.4, 0.5) is 18.9 Å². The number of aromatic nitrogens is 5. The highest BCUT2D eigenvalue weighted by Crippen LogP contribution is 2.33. The van der Waals surface area contributed by atoms with E-state index in [4.69, 9.17) is 4.74 Å². The minimum absolute atomic E-state index is 0.0256. The molecule has 0 unspecified atom stereocenters. The Hall–Kier alpha value is -3.61. The van der Waals surface area contributed by atoms with Crippen LogP contribution in [0.1, 0.15) is 5.56 Å². The maximum atomic E-state index is 12.8. The molecule has 0 aliphatic rings. The number of rotatable bonds is 5. The molecule has 3 heterocycles. The predicted octanol–water partition coefficient (Wildman–Crippen LogP) is 2.97. The molecule has 0 bridgehead atoms. The smallest absolute Gasteiger partial charge is 0.419 e. The van der Waals surface area contributed by atoms with Gasteiger partial charge in [-0.25, -0.2) is 18.1 Å². The van der Waals surface area contributed by atoms with Crippen LogP contribution in [-0.2, 0) is 16.2 Å². The number of nitrogens with zero attached hydrogens (tertiary/aromatic N) is 4. The number of sulfonamides is 1. The zero-order valence-corrected chi connectivity index (χ0v) is 16.0. The number of hydrogen-bond acceptors (Lipinski definition) is 6. The summed E-state index contributed by atoms with van der Waals surface area (Å²) in [5.41, 5.74) is -0.348. The molecule has 13 heteroatoms. The second kappa shape index (κ2) is 7.02. The van der Waals surface area contributed by atoms with Crippen LogP contribution in [0.3, 0.4) is 0 Å². The lowest BCUT2D eigenvalue weighted by Gasteiger charge is -2.13. The van der Waals surface area contributed by atoms with Crippen molar-refractivity contribution in [1.29, 1.82) is 0 Å². The van der Waals surface area contributed by atoms with Gasteiger partial charge in [-0.15, -0.1) is 0 Å². The molecule has 0 aliphatic heterocycles. The Morgan fingerprint density at radius 3 is 2.57 bits per heavy atom. The summed E-state index contributed by atoms with van der Waals surface area (Å²) in [6.45, 7) is 0. The van der Waals surface area contributed by atoms with E-state index in [1.165, 1.54) is 25.4 Å². The first-order valence-electron chi connectivity index (χ1n) is 8.30. The number of halogens is 3. The molecule has 3 aromatic heterocycles. The summed E-state index contributed by atoms with van der Waals surface area (Å²) >= 11 is 0. The number of hydrogen-bond donors (Lipinski definition) is 2. The van der Waals surface area contributed by atoms with Gasteiger partial charge in [-0.05, 0) is 24.3 Å². The van der Waals surface area contributed by atoms with Crippen molar-refractivity contribution >= 4 is 26.6 Å². The monoisotopic (exact) mass is 438 g/mol. The van der Waals surface area contributed by atoms with E-state index in [2.05, 4.69) is 25.0 Å². The Labute approximate surface area is 167 Å². The third-order valence-electron chi connectivity index (χ3n) is 4.21. The topological polar surface area (TPSA) is 115 Å². The van der Waals surface area contributed by atoms with Crippen molar-refractivity contribution in [3.8, 4) is 11.6 Å². The number of anilines is 1. The zero-order valence-electron chi connectivity index (χ0n) is 15.2. The zero-order chi connectivity index (χ0) is 21.5. The number of pyridine rings is 1. The van der Waals surface area contributed by atoms with Gasteiger partial charge in [-0.1, -0.05) is 0 Å². The van der Waals surface area contributed by atoms with E-state index >= 15 is 0 Å². The molecule has 156 valence electrons. The number of methoxy groups -OCH3 is 1. The van der Waals surface area contributed by atoms with Gasteiger partial charge in [0, 0.05) is 17.8 Å². The molecular formula is C17H13F3N6O3S. The van der Waals surface area contributed by atoms with Crippen LogP contribution in [-0.4, -0.2) is 40.5 Å². The van der Waals surface area contributed by atoms with Crippen LogP contribution < -0.4 is 9.46 Å². The molecule has 0 amide bonds. The Morgan fingerprint density at radius 2 is 1.93 bits per heavy atom. The van der Waals surface area contributed by atoms with Gasteiger partial charge in [0.05, 0.1) is 30.6 Å². The minimum Gasteiger partial charge on any atom is -0.494 e. The van der Waals surface area contributed by atoms with Crippen molar-refractivity contribution in [3.05, 3.63) is 54.6 Å². The standard InChI is InChI=1S/C17H13F3N6O3S/c1-29-13-4-2-10-6-22-24-15(10)16(13)25-30(27,28)12-3-5-14(21-8-12)26-9-11(7-23-26)17(18,19)20/h2-9,25H,1H3,(H,22,24). The van der Waals surface area contributed by atoms with Crippen LogP contribution in [0, 0.1) is 0 Å². The number of aromatic amines is 1. The third-order valence-corrected chi connectivity index (χ3v) is 5.55. The molecule has 0 saturated carbocycles. The lowest BCUT2D eigenvalue weighted by molar-refractivity contribution is -0.137. The second-order valence-corrected chi connectivity index (χ2v) is 7.79. The van der Waals surface area contributed by atoms with Gasteiger partial charge in [0.2, 0.25) is 0 Å². The fourth-order valence-electron chi connectivity index (χ4n) is 2.72. The highest BCUT2D eigenvalue weighted by Gasteiger charge is 2.32. The molecule has 0 spiro atoms. The largest absolute Gasteiger partial charge is 0.494 e. The van der Waals surface area contributed by atoms with Crippen molar-refractivity contribution in [2.75, 3.05) is 11.8 Å². The van der Waals surface area contributed by atoms with Crippen LogP contribution in [0.5, 0.6) is 5.75 Å². The lowest BCUT2D eigenvalue weighted by Crippen LogP contribution is -2.14. The van der Waals surface area contributed by atoms with Crippen LogP contribution in [0.2, 0.25) is 0 Å². The Kier molecular flexibility index (Phi) is 4.61. The number of H-pyrrole nitrogens is 1. The molecule has 4 aromatic rings. The molecule has 30 heavy (non-hydrogen) atoms. The highest BCUT2D eigenvalue weighted by atomic mass is 32.2. The number of ether oxygens (including phenoxy) is 1. The van der Waals surface area contributed by atoms with Crippen molar-refractivity contribution in [1.82, 2.24) is 25.0 Å². The SMILES string of the molecule is COc1ccc2cn[nH]c2c1NS(=O)(=O)c1ccc(-n2cc(C(F)(F)F)cn2)nc1. The molecule has 1 aromatic carbocycles. The Balaban J connectivity index is 1.65. The fraction of sp³-hybridized carbons (Fsp3) is 0.118. The first kappa shape index (κ1) is 19.7. The second-order valence-electron chi connectivity index (χ2n) is 6.11. The summed E-state index contributed by atoms with van der Waals surface area (Å²) in [6, 6.07) is 5.76. The first-order valence-corrected chi connectivity index (χ1v) is 9.78. The van der Waals surface area contributed by atoms with Crippen molar-refractivity contribution < 1.29 is 26.3 Å². The number of nitrogens with one attached hydrogen (secondary N) is 2. The molecule has 0 aliphatic carbocycles. The van der Waals surface area contributed by atoms with Crippen LogP contribution in [0.25, 0.3) is 16.7 Å². The molecule has 0 radical (unpaired) electrons. The molecule has 4 rings (SSSR count). The van der Waals surface area contributed by atoms with Crippen molar-refractivity contribution in [2.24, 2.45) is 0 Å². The normalized spacial score (nSPS) is 12.3. The van der Waals surface area contributed by atoms with E-state index in [9.17, 15) is 21.6 Å². The summed E-state index contributed by atoms with van der Waals surface area (Å²) in [6.07, 6.45) is -0.573. The van der Waals surface area contributed by atoms with E-state index in [-0.39, 0.29) is 22.2 Å². The maximum Gasteiger partial charge on any atom is 0.419 e. The van der Waals surface area contributed by atoms with E-state index in [1.807, 2.05) is 0 Å². The minimum atomic E-state index is -4.54. The van der Waals surface area contributed by atoms with Gasteiger partial charge in [0.15, 0.2) is 5.82 Å². The summed E-state index contributed by atoms with van der Waals surface area (Å²) in [5, 5.41) is 10.9. The average Bonchev–Trinajstić information content (AvgIpc) is 3.38. The first-order chi connectivity index (χ1) is 14.2.